The summed E-state index contributed by atoms with van der Waals surface area (Å²) in [5.41, 5.74) is 2.04. The molecule has 5 nitrogen and oxygen atoms in total. The van der Waals surface area contributed by atoms with Crippen LogP contribution in [0.25, 0.3) is 0 Å². The van der Waals surface area contributed by atoms with E-state index in [1.54, 1.807) is 0 Å². The van der Waals surface area contributed by atoms with Gasteiger partial charge in [0.15, 0.2) is 14.1 Å². The highest BCUT2D eigenvalue weighted by Gasteiger charge is 2.37. The minimum Gasteiger partial charge on any atom is -0.475 e. The molecule has 0 saturated carbocycles. The van der Waals surface area contributed by atoms with E-state index in [4.69, 9.17) is 19.0 Å². The minimum absolute atomic E-state index is 0.170. The number of allylic oxidation sites excluding steroid dienone is 3. The van der Waals surface area contributed by atoms with Crippen LogP contribution in [0.4, 0.5) is 0 Å². The zero-order valence-electron chi connectivity index (χ0n) is 15.9. The molecule has 0 aromatic rings. The molecule has 0 aromatic heterocycles. The van der Waals surface area contributed by atoms with Crippen molar-refractivity contribution in [2.45, 2.75) is 52.2 Å². The van der Waals surface area contributed by atoms with E-state index >= 15 is 0 Å². The van der Waals surface area contributed by atoms with Gasteiger partial charge in [-0.05, 0) is 37.0 Å². The summed E-state index contributed by atoms with van der Waals surface area (Å²) in [6.45, 7) is 13.8. The minimum atomic E-state index is -1.80. The van der Waals surface area contributed by atoms with Crippen LogP contribution in [0.1, 0.15) is 34.1 Å². The SMILES string of the molecule is CC1=CC(CO[Si](C)(C)C(C)(C)C)CC(C2=COC=C(C(=O)O)O2)=C1. The second-order valence-electron chi connectivity index (χ2n) is 8.12. The van der Waals surface area contributed by atoms with Gasteiger partial charge in [-0.3, -0.25) is 0 Å². The summed E-state index contributed by atoms with van der Waals surface area (Å²) < 4.78 is 16.9. The molecule has 25 heavy (non-hydrogen) atoms. The molecule has 2 rings (SSSR count). The average Bonchev–Trinajstić information content (AvgIpc) is 2.51. The van der Waals surface area contributed by atoms with E-state index in [0.29, 0.717) is 12.4 Å². The molecule has 0 aromatic carbocycles. The first kappa shape index (κ1) is 19.5. The lowest BCUT2D eigenvalue weighted by atomic mass is 9.90. The zero-order valence-corrected chi connectivity index (χ0v) is 16.9. The van der Waals surface area contributed by atoms with Crippen LogP contribution >= 0.6 is 0 Å². The molecule has 0 saturated heterocycles. The highest BCUT2D eigenvalue weighted by Crippen LogP contribution is 2.38. The largest absolute Gasteiger partial charge is 0.475 e. The number of rotatable bonds is 5. The predicted octanol–water partition coefficient (Wildman–Crippen LogP) is 4.72. The molecule has 0 bridgehead atoms. The maximum atomic E-state index is 11.1. The van der Waals surface area contributed by atoms with Crippen molar-refractivity contribution in [1.29, 1.82) is 0 Å². The number of aliphatic carboxylic acids is 1. The van der Waals surface area contributed by atoms with Gasteiger partial charge in [0.1, 0.15) is 12.5 Å². The number of carbonyl (C=O) groups is 1. The Morgan fingerprint density at radius 2 is 2.04 bits per heavy atom. The van der Waals surface area contributed by atoms with Crippen LogP contribution in [0.3, 0.4) is 0 Å². The van der Waals surface area contributed by atoms with Crippen LogP contribution in [0.15, 0.2) is 47.3 Å². The van der Waals surface area contributed by atoms with Crippen LogP contribution < -0.4 is 0 Å². The number of ether oxygens (including phenoxy) is 2. The van der Waals surface area contributed by atoms with Crippen molar-refractivity contribution in [2.75, 3.05) is 6.61 Å². The first-order chi connectivity index (χ1) is 11.5. The smallest absolute Gasteiger partial charge is 0.375 e. The van der Waals surface area contributed by atoms with E-state index in [9.17, 15) is 4.79 Å². The maximum absolute atomic E-state index is 11.1. The van der Waals surface area contributed by atoms with Gasteiger partial charge in [0.25, 0.3) is 0 Å². The summed E-state index contributed by atoms with van der Waals surface area (Å²) in [5.74, 6) is -0.672. The molecule has 1 atom stereocenters. The van der Waals surface area contributed by atoms with Gasteiger partial charge in [-0.15, -0.1) is 0 Å². The van der Waals surface area contributed by atoms with E-state index in [0.717, 1.165) is 23.8 Å². The fourth-order valence-electron chi connectivity index (χ4n) is 2.47. The maximum Gasteiger partial charge on any atom is 0.375 e. The van der Waals surface area contributed by atoms with E-state index in [2.05, 4.69) is 39.9 Å². The lowest BCUT2D eigenvalue weighted by molar-refractivity contribution is -0.136. The van der Waals surface area contributed by atoms with Gasteiger partial charge >= 0.3 is 5.97 Å². The number of hydrogen-bond donors (Lipinski definition) is 1. The molecule has 0 fully saturated rings. The van der Waals surface area contributed by atoms with Crippen LogP contribution in [0.5, 0.6) is 0 Å². The van der Waals surface area contributed by atoms with E-state index in [1.165, 1.54) is 6.26 Å². The molecule has 1 aliphatic carbocycles. The van der Waals surface area contributed by atoms with Crippen molar-refractivity contribution in [3.63, 3.8) is 0 Å². The standard InChI is InChI=1S/C19H28O5Si/c1-13-7-14(10-23-25(5,6)19(2,3)4)9-15(8-13)16-11-22-12-17(24-16)18(20)21/h7-8,11-12,14H,9-10H2,1-6H3,(H,20,21). The van der Waals surface area contributed by atoms with Gasteiger partial charge in [-0.1, -0.05) is 38.5 Å². The molecule has 1 unspecified atom stereocenters. The molecule has 138 valence electrons. The van der Waals surface area contributed by atoms with Gasteiger partial charge in [-0.25, -0.2) is 4.79 Å². The monoisotopic (exact) mass is 364 g/mol. The van der Waals surface area contributed by atoms with Gasteiger partial charge in [0, 0.05) is 12.5 Å². The summed E-state index contributed by atoms with van der Waals surface area (Å²) in [6.07, 6.45) is 7.48. The Morgan fingerprint density at radius 3 is 2.64 bits per heavy atom. The Bertz CT molecular complexity index is 662. The van der Waals surface area contributed by atoms with Crippen LogP contribution in [0.2, 0.25) is 18.1 Å². The van der Waals surface area contributed by atoms with Crippen molar-refractivity contribution < 1.29 is 23.8 Å². The highest BCUT2D eigenvalue weighted by atomic mass is 28.4. The third kappa shape index (κ3) is 4.86. The molecule has 6 heteroatoms. The van der Waals surface area contributed by atoms with E-state index < -0.39 is 14.3 Å². The van der Waals surface area contributed by atoms with Gasteiger partial charge in [0.2, 0.25) is 5.76 Å². The Labute approximate surface area is 150 Å². The van der Waals surface area contributed by atoms with Gasteiger partial charge in [-0.2, -0.15) is 0 Å². The molecule has 2 aliphatic rings. The van der Waals surface area contributed by atoms with Crippen molar-refractivity contribution in [3.05, 3.63) is 47.3 Å². The highest BCUT2D eigenvalue weighted by molar-refractivity contribution is 6.74. The normalized spacial score (nSPS) is 21.3. The molecule has 1 N–H and O–H groups in total. The molecule has 0 amide bonds. The summed E-state index contributed by atoms with van der Waals surface area (Å²) in [4.78, 5) is 11.1. The Kier molecular flexibility index (Phi) is 5.64. The first-order valence-electron chi connectivity index (χ1n) is 8.50. The molecular formula is C19H28O5Si. The number of carboxylic acids is 1. The Balaban J connectivity index is 2.04. The first-order valence-corrected chi connectivity index (χ1v) is 11.4. The molecular weight excluding hydrogens is 336 g/mol. The van der Waals surface area contributed by atoms with Crippen LogP contribution in [-0.2, 0) is 18.7 Å². The Hall–Kier alpha value is -1.79. The van der Waals surface area contributed by atoms with Crippen molar-refractivity contribution in [1.82, 2.24) is 0 Å². The molecule has 0 spiro atoms. The third-order valence-electron chi connectivity index (χ3n) is 4.94. The van der Waals surface area contributed by atoms with Gasteiger partial charge in [0.05, 0.1) is 0 Å². The summed E-state index contributed by atoms with van der Waals surface area (Å²) >= 11 is 0. The topological polar surface area (TPSA) is 65.0 Å². The second-order valence-corrected chi connectivity index (χ2v) is 12.9. The fourth-order valence-corrected chi connectivity index (χ4v) is 3.53. The van der Waals surface area contributed by atoms with Crippen LogP contribution in [0, 0.1) is 5.92 Å². The summed E-state index contributed by atoms with van der Waals surface area (Å²) in [7, 11) is -1.80. The second kappa shape index (κ2) is 7.21. The average molecular weight is 365 g/mol. The fraction of sp³-hybridized carbons (Fsp3) is 0.526. The summed E-state index contributed by atoms with van der Waals surface area (Å²) in [5, 5.41) is 9.23. The van der Waals surface area contributed by atoms with Crippen molar-refractivity contribution >= 4 is 14.3 Å². The number of hydrogen-bond acceptors (Lipinski definition) is 4. The summed E-state index contributed by atoms with van der Waals surface area (Å²) in [6, 6.07) is 0. The lowest BCUT2D eigenvalue weighted by Gasteiger charge is -2.37. The molecule has 1 aliphatic heterocycles. The van der Waals surface area contributed by atoms with E-state index in [1.807, 2.05) is 13.0 Å². The number of carboxylic acid groups (broad SMARTS) is 1. The zero-order chi connectivity index (χ0) is 18.8. The van der Waals surface area contributed by atoms with Crippen molar-refractivity contribution in [2.24, 2.45) is 5.92 Å². The van der Waals surface area contributed by atoms with Crippen molar-refractivity contribution in [3.8, 4) is 0 Å². The predicted molar refractivity (Wildman–Crippen MR) is 99.1 cm³/mol. The van der Waals surface area contributed by atoms with E-state index in [-0.39, 0.29) is 16.7 Å². The Morgan fingerprint density at radius 1 is 1.36 bits per heavy atom. The van der Waals surface area contributed by atoms with Crippen LogP contribution in [-0.4, -0.2) is 26.0 Å². The quantitative estimate of drug-likeness (QED) is 0.715. The van der Waals surface area contributed by atoms with Gasteiger partial charge < -0.3 is 19.0 Å². The molecule has 1 heterocycles. The molecule has 0 radical (unpaired) electrons. The third-order valence-corrected chi connectivity index (χ3v) is 9.45. The lowest BCUT2D eigenvalue weighted by Crippen LogP contribution is -2.42.